The summed E-state index contributed by atoms with van der Waals surface area (Å²) in [6, 6.07) is 0.303. The second kappa shape index (κ2) is 6.20. The molecule has 0 aliphatic carbocycles. The lowest BCUT2D eigenvalue weighted by atomic mass is 10.4. The third-order valence-corrected chi connectivity index (χ3v) is 4.46. The van der Waals surface area contributed by atoms with Crippen LogP contribution in [0.2, 0.25) is 0 Å². The van der Waals surface area contributed by atoms with E-state index in [1.165, 1.54) is 4.31 Å². The Morgan fingerprint density at radius 1 is 1.47 bits per heavy atom. The van der Waals surface area contributed by atoms with E-state index in [2.05, 4.69) is 15.6 Å². The summed E-state index contributed by atoms with van der Waals surface area (Å²) in [5.74, 6) is 0.989. The van der Waals surface area contributed by atoms with E-state index in [-0.39, 0.29) is 5.75 Å². The zero-order chi connectivity index (χ0) is 12.9. The molecule has 2 N–H and O–H groups in total. The van der Waals surface area contributed by atoms with Crippen molar-refractivity contribution in [3.63, 3.8) is 0 Å². The second-order valence-corrected chi connectivity index (χ2v) is 6.46. The molecule has 0 radical (unpaired) electrons. The highest BCUT2D eigenvalue weighted by molar-refractivity contribution is 7.89. The maximum Gasteiger partial charge on any atom is 0.214 e. The van der Waals surface area contributed by atoms with E-state index < -0.39 is 10.0 Å². The number of hydrogen-bond donors (Lipinski definition) is 2. The molecule has 0 bridgehead atoms. The standard InChI is InChI=1S/C10H22N4O2S/c1-9(2)13-10(11-3)12-5-7-14-6-4-8-17(14,15)16/h9H,4-8H2,1-3H3,(H2,11,12,13). The second-order valence-electron chi connectivity index (χ2n) is 4.37. The Bertz CT molecular complexity index is 365. The van der Waals surface area contributed by atoms with Gasteiger partial charge in [-0.1, -0.05) is 0 Å². The van der Waals surface area contributed by atoms with Crippen molar-refractivity contribution in [1.29, 1.82) is 0 Å². The average molecular weight is 262 g/mol. The Balaban J connectivity index is 2.32. The maximum absolute atomic E-state index is 11.5. The predicted molar refractivity (Wildman–Crippen MR) is 69.6 cm³/mol. The average Bonchev–Trinajstić information content (AvgIpc) is 2.56. The molecule has 0 aromatic rings. The number of nitrogens with zero attached hydrogens (tertiary/aromatic N) is 2. The van der Waals surface area contributed by atoms with Crippen molar-refractivity contribution in [1.82, 2.24) is 14.9 Å². The van der Waals surface area contributed by atoms with Gasteiger partial charge in [-0.05, 0) is 20.3 Å². The number of hydrogen-bond acceptors (Lipinski definition) is 3. The molecule has 17 heavy (non-hydrogen) atoms. The van der Waals surface area contributed by atoms with Crippen molar-refractivity contribution in [2.75, 3.05) is 32.4 Å². The monoisotopic (exact) mass is 262 g/mol. The van der Waals surface area contributed by atoms with E-state index in [1.54, 1.807) is 7.05 Å². The number of rotatable bonds is 4. The fourth-order valence-corrected chi connectivity index (χ4v) is 3.24. The van der Waals surface area contributed by atoms with E-state index in [1.807, 2.05) is 13.8 Å². The molecular weight excluding hydrogens is 240 g/mol. The van der Waals surface area contributed by atoms with Gasteiger partial charge in [0.25, 0.3) is 0 Å². The highest BCUT2D eigenvalue weighted by Crippen LogP contribution is 2.11. The van der Waals surface area contributed by atoms with E-state index in [0.717, 1.165) is 6.42 Å². The van der Waals surface area contributed by atoms with Crippen LogP contribution in [0.5, 0.6) is 0 Å². The summed E-state index contributed by atoms with van der Waals surface area (Å²) in [7, 11) is -1.28. The smallest absolute Gasteiger partial charge is 0.214 e. The maximum atomic E-state index is 11.5. The Hall–Kier alpha value is -0.820. The Kier molecular flexibility index (Phi) is 5.20. The molecule has 0 saturated carbocycles. The normalized spacial score (nSPS) is 20.8. The third-order valence-electron chi connectivity index (χ3n) is 2.51. The summed E-state index contributed by atoms with van der Waals surface area (Å²) in [4.78, 5) is 4.06. The van der Waals surface area contributed by atoms with E-state index >= 15 is 0 Å². The summed E-state index contributed by atoms with van der Waals surface area (Å²) >= 11 is 0. The van der Waals surface area contributed by atoms with Gasteiger partial charge in [-0.3, -0.25) is 4.99 Å². The molecule has 1 fully saturated rings. The molecule has 0 amide bonds. The Labute approximate surface area is 104 Å². The van der Waals surface area contributed by atoms with Crippen LogP contribution in [0.4, 0.5) is 0 Å². The van der Waals surface area contributed by atoms with Crippen LogP contribution in [0.1, 0.15) is 20.3 Å². The minimum absolute atomic E-state index is 0.284. The first kappa shape index (κ1) is 14.2. The van der Waals surface area contributed by atoms with Crippen molar-refractivity contribution in [2.45, 2.75) is 26.3 Å². The first-order chi connectivity index (χ1) is 7.95. The van der Waals surface area contributed by atoms with Crippen LogP contribution in [0, 0.1) is 0 Å². The van der Waals surface area contributed by atoms with Gasteiger partial charge in [0.05, 0.1) is 5.75 Å². The van der Waals surface area contributed by atoms with Crippen LogP contribution in [0.25, 0.3) is 0 Å². The van der Waals surface area contributed by atoms with Gasteiger partial charge < -0.3 is 10.6 Å². The molecule has 1 heterocycles. The lowest BCUT2D eigenvalue weighted by Crippen LogP contribution is -2.44. The quantitative estimate of drug-likeness (QED) is 0.534. The van der Waals surface area contributed by atoms with Crippen molar-refractivity contribution in [3.8, 4) is 0 Å². The summed E-state index contributed by atoms with van der Waals surface area (Å²) in [6.07, 6.45) is 0.737. The lowest BCUT2D eigenvalue weighted by molar-refractivity contribution is 0.444. The molecule has 0 atom stereocenters. The van der Waals surface area contributed by atoms with E-state index in [9.17, 15) is 8.42 Å². The van der Waals surface area contributed by atoms with Gasteiger partial charge in [-0.2, -0.15) is 0 Å². The lowest BCUT2D eigenvalue weighted by Gasteiger charge is -2.17. The molecule has 1 saturated heterocycles. The van der Waals surface area contributed by atoms with Gasteiger partial charge in [0.2, 0.25) is 10.0 Å². The van der Waals surface area contributed by atoms with Crippen LogP contribution in [0.3, 0.4) is 0 Å². The van der Waals surface area contributed by atoms with Crippen LogP contribution in [0.15, 0.2) is 4.99 Å². The van der Waals surface area contributed by atoms with E-state index in [0.29, 0.717) is 31.6 Å². The van der Waals surface area contributed by atoms with Crippen molar-refractivity contribution < 1.29 is 8.42 Å². The molecule has 100 valence electrons. The zero-order valence-electron chi connectivity index (χ0n) is 10.7. The highest BCUT2D eigenvalue weighted by atomic mass is 32.2. The highest BCUT2D eigenvalue weighted by Gasteiger charge is 2.27. The zero-order valence-corrected chi connectivity index (χ0v) is 11.5. The number of guanidine groups is 1. The van der Waals surface area contributed by atoms with Crippen LogP contribution in [-0.4, -0.2) is 57.2 Å². The molecule has 7 heteroatoms. The summed E-state index contributed by atoms with van der Waals surface area (Å²) in [5.41, 5.74) is 0. The molecular formula is C10H22N4O2S. The van der Waals surface area contributed by atoms with Gasteiger partial charge in [-0.15, -0.1) is 0 Å². The molecule has 0 unspecified atom stereocenters. The van der Waals surface area contributed by atoms with Gasteiger partial charge >= 0.3 is 0 Å². The first-order valence-electron chi connectivity index (χ1n) is 5.90. The van der Waals surface area contributed by atoms with Crippen molar-refractivity contribution in [3.05, 3.63) is 0 Å². The fraction of sp³-hybridized carbons (Fsp3) is 0.900. The SMILES string of the molecule is CN=C(NCCN1CCCS1(=O)=O)NC(C)C. The molecule has 6 nitrogen and oxygen atoms in total. The summed E-state index contributed by atoms with van der Waals surface area (Å²) < 4.78 is 24.6. The van der Waals surface area contributed by atoms with Crippen LogP contribution in [-0.2, 0) is 10.0 Å². The van der Waals surface area contributed by atoms with Gasteiger partial charge in [0, 0.05) is 32.7 Å². The topological polar surface area (TPSA) is 73.8 Å². The minimum atomic E-state index is -2.98. The number of sulfonamides is 1. The molecule has 0 spiro atoms. The molecule has 1 aliphatic heterocycles. The largest absolute Gasteiger partial charge is 0.355 e. The van der Waals surface area contributed by atoms with Crippen LogP contribution < -0.4 is 10.6 Å². The Morgan fingerprint density at radius 2 is 2.18 bits per heavy atom. The van der Waals surface area contributed by atoms with Crippen molar-refractivity contribution in [2.24, 2.45) is 4.99 Å². The summed E-state index contributed by atoms with van der Waals surface area (Å²) in [6.45, 7) is 5.77. The van der Waals surface area contributed by atoms with Gasteiger partial charge in [0.15, 0.2) is 5.96 Å². The number of aliphatic imine (C=N–C) groups is 1. The van der Waals surface area contributed by atoms with E-state index in [4.69, 9.17) is 0 Å². The third kappa shape index (κ3) is 4.51. The molecule has 0 aromatic carbocycles. The Morgan fingerprint density at radius 3 is 2.65 bits per heavy atom. The fourth-order valence-electron chi connectivity index (χ4n) is 1.71. The number of nitrogens with one attached hydrogen (secondary N) is 2. The predicted octanol–water partition coefficient (Wildman–Crippen LogP) is -0.405. The van der Waals surface area contributed by atoms with Gasteiger partial charge in [0.1, 0.15) is 0 Å². The molecule has 0 aromatic heterocycles. The molecule has 1 rings (SSSR count). The van der Waals surface area contributed by atoms with Gasteiger partial charge in [-0.25, -0.2) is 12.7 Å². The molecule has 1 aliphatic rings. The minimum Gasteiger partial charge on any atom is -0.355 e. The first-order valence-corrected chi connectivity index (χ1v) is 7.51. The summed E-state index contributed by atoms with van der Waals surface area (Å²) in [5, 5.41) is 6.24. The van der Waals surface area contributed by atoms with Crippen LogP contribution >= 0.6 is 0 Å². The van der Waals surface area contributed by atoms with Crippen molar-refractivity contribution >= 4 is 16.0 Å².